The lowest BCUT2D eigenvalue weighted by atomic mass is 9.99. The van der Waals surface area contributed by atoms with Crippen molar-refractivity contribution in [2.75, 3.05) is 13.1 Å². The van der Waals surface area contributed by atoms with E-state index in [4.69, 9.17) is 28.9 Å². The number of benzene rings is 1. The maximum atomic E-state index is 6.41. The first-order valence-electron chi connectivity index (χ1n) is 7.85. The molecule has 0 radical (unpaired) electrons. The van der Waals surface area contributed by atoms with E-state index in [1.165, 1.54) is 0 Å². The fourth-order valence-electron chi connectivity index (χ4n) is 2.96. The maximum Gasteiger partial charge on any atom is 0.0503 e. The molecule has 0 spiro atoms. The summed E-state index contributed by atoms with van der Waals surface area (Å²) in [6, 6.07) is 6.23. The zero-order valence-corrected chi connectivity index (χ0v) is 15.1. The van der Waals surface area contributed by atoms with Gasteiger partial charge < -0.3 is 5.73 Å². The van der Waals surface area contributed by atoms with Gasteiger partial charge in [0.1, 0.15) is 0 Å². The minimum atomic E-state index is 0.0681. The second kappa shape index (κ2) is 8.99. The molecular formula is C17H28Cl2N2. The molecule has 120 valence electrons. The molecule has 2 nitrogen and oxygen atoms in total. The normalized spacial score (nSPS) is 13.4. The van der Waals surface area contributed by atoms with Gasteiger partial charge in [-0.3, -0.25) is 4.90 Å². The average molecular weight is 331 g/mol. The van der Waals surface area contributed by atoms with E-state index >= 15 is 0 Å². The molecule has 1 rings (SSSR count). The molecule has 0 aliphatic carbocycles. The molecule has 1 atom stereocenters. The fraction of sp³-hybridized carbons (Fsp3) is 0.647. The van der Waals surface area contributed by atoms with Gasteiger partial charge in [0.05, 0.1) is 6.04 Å². The number of nitrogens with two attached hydrogens (primary N) is 1. The minimum absolute atomic E-state index is 0.0681. The molecule has 1 aromatic rings. The SMILES string of the molecule is CCC(CC)N(CC(C)C)C(CN)c1c(Cl)cccc1Cl. The van der Waals surface area contributed by atoms with Crippen molar-refractivity contribution in [3.8, 4) is 0 Å². The van der Waals surface area contributed by atoms with Crippen molar-refractivity contribution in [1.82, 2.24) is 4.90 Å². The van der Waals surface area contributed by atoms with Gasteiger partial charge in [0.15, 0.2) is 0 Å². The summed E-state index contributed by atoms with van der Waals surface area (Å²) < 4.78 is 0. The second-order valence-corrected chi connectivity index (χ2v) is 6.76. The molecule has 0 saturated carbocycles. The standard InChI is InChI=1S/C17H28Cl2N2/c1-5-13(6-2)21(11-12(3)4)16(10-20)17-14(18)8-7-9-15(17)19/h7-9,12-13,16H,5-6,10-11,20H2,1-4H3. The lowest BCUT2D eigenvalue weighted by Gasteiger charge is -2.39. The Morgan fingerprint density at radius 1 is 1.10 bits per heavy atom. The van der Waals surface area contributed by atoms with Gasteiger partial charge in [-0.2, -0.15) is 0 Å². The van der Waals surface area contributed by atoms with Crippen LogP contribution >= 0.6 is 23.2 Å². The average Bonchev–Trinajstić information content (AvgIpc) is 2.43. The van der Waals surface area contributed by atoms with E-state index in [1.54, 1.807) is 0 Å². The summed E-state index contributed by atoms with van der Waals surface area (Å²) in [7, 11) is 0. The predicted molar refractivity (Wildman–Crippen MR) is 94.2 cm³/mol. The molecule has 4 heteroatoms. The lowest BCUT2D eigenvalue weighted by Crippen LogP contribution is -2.43. The third kappa shape index (κ3) is 4.85. The Labute approximate surface area is 139 Å². The van der Waals surface area contributed by atoms with Crippen molar-refractivity contribution in [1.29, 1.82) is 0 Å². The van der Waals surface area contributed by atoms with Crippen LogP contribution in [0.15, 0.2) is 18.2 Å². The Morgan fingerprint density at radius 3 is 2.00 bits per heavy atom. The van der Waals surface area contributed by atoms with Crippen LogP contribution in [0.4, 0.5) is 0 Å². The quantitative estimate of drug-likeness (QED) is 0.715. The van der Waals surface area contributed by atoms with Crippen LogP contribution in [0.2, 0.25) is 10.0 Å². The van der Waals surface area contributed by atoms with Gasteiger partial charge in [0, 0.05) is 34.7 Å². The van der Waals surface area contributed by atoms with Crippen LogP contribution < -0.4 is 5.73 Å². The highest BCUT2D eigenvalue weighted by atomic mass is 35.5. The number of nitrogens with zero attached hydrogens (tertiary/aromatic N) is 1. The van der Waals surface area contributed by atoms with Gasteiger partial charge in [-0.15, -0.1) is 0 Å². The van der Waals surface area contributed by atoms with Crippen molar-refractivity contribution in [3.05, 3.63) is 33.8 Å². The van der Waals surface area contributed by atoms with E-state index in [-0.39, 0.29) is 6.04 Å². The first-order chi connectivity index (χ1) is 9.96. The maximum absolute atomic E-state index is 6.41. The highest BCUT2D eigenvalue weighted by Gasteiger charge is 2.28. The van der Waals surface area contributed by atoms with Crippen molar-refractivity contribution in [2.45, 2.75) is 52.6 Å². The van der Waals surface area contributed by atoms with E-state index in [0.29, 0.717) is 28.5 Å². The van der Waals surface area contributed by atoms with E-state index in [1.807, 2.05) is 18.2 Å². The first-order valence-corrected chi connectivity index (χ1v) is 8.61. The van der Waals surface area contributed by atoms with Crippen LogP contribution in [0.5, 0.6) is 0 Å². The van der Waals surface area contributed by atoms with Crippen LogP contribution in [-0.2, 0) is 0 Å². The van der Waals surface area contributed by atoms with E-state index < -0.39 is 0 Å². The number of halogens is 2. The Hall–Kier alpha value is -0.280. The van der Waals surface area contributed by atoms with Crippen LogP contribution in [0.3, 0.4) is 0 Å². The molecule has 0 aliphatic rings. The van der Waals surface area contributed by atoms with E-state index in [0.717, 1.165) is 24.9 Å². The highest BCUT2D eigenvalue weighted by Crippen LogP contribution is 2.35. The molecule has 0 saturated heterocycles. The lowest BCUT2D eigenvalue weighted by molar-refractivity contribution is 0.112. The Balaban J connectivity index is 3.23. The molecular weight excluding hydrogens is 303 g/mol. The van der Waals surface area contributed by atoms with Crippen molar-refractivity contribution >= 4 is 23.2 Å². The molecule has 2 N–H and O–H groups in total. The number of hydrogen-bond donors (Lipinski definition) is 1. The summed E-state index contributed by atoms with van der Waals surface area (Å²) in [6.45, 7) is 10.4. The molecule has 0 fully saturated rings. The van der Waals surface area contributed by atoms with Crippen molar-refractivity contribution < 1.29 is 0 Å². The van der Waals surface area contributed by atoms with Crippen LogP contribution in [-0.4, -0.2) is 24.0 Å². The molecule has 0 aromatic heterocycles. The highest BCUT2D eigenvalue weighted by molar-refractivity contribution is 6.36. The monoisotopic (exact) mass is 330 g/mol. The summed E-state index contributed by atoms with van der Waals surface area (Å²) in [5.41, 5.74) is 7.08. The van der Waals surface area contributed by atoms with Crippen LogP contribution in [0.25, 0.3) is 0 Å². The summed E-state index contributed by atoms with van der Waals surface area (Å²) >= 11 is 12.8. The summed E-state index contributed by atoms with van der Waals surface area (Å²) in [6.07, 6.45) is 2.20. The Kier molecular flexibility index (Phi) is 8.04. The summed E-state index contributed by atoms with van der Waals surface area (Å²) in [5, 5.41) is 1.41. The van der Waals surface area contributed by atoms with Gasteiger partial charge in [-0.05, 0) is 30.9 Å². The van der Waals surface area contributed by atoms with E-state index in [9.17, 15) is 0 Å². The van der Waals surface area contributed by atoms with Gasteiger partial charge in [0.2, 0.25) is 0 Å². The summed E-state index contributed by atoms with van der Waals surface area (Å²) in [4.78, 5) is 2.48. The largest absolute Gasteiger partial charge is 0.329 e. The Morgan fingerprint density at radius 2 is 1.62 bits per heavy atom. The molecule has 0 aliphatic heterocycles. The molecule has 1 unspecified atom stereocenters. The van der Waals surface area contributed by atoms with Crippen LogP contribution in [0.1, 0.15) is 52.1 Å². The minimum Gasteiger partial charge on any atom is -0.329 e. The van der Waals surface area contributed by atoms with Gasteiger partial charge in [0.25, 0.3) is 0 Å². The molecule has 0 amide bonds. The van der Waals surface area contributed by atoms with Gasteiger partial charge in [-0.1, -0.05) is 57.0 Å². The molecule has 0 heterocycles. The van der Waals surface area contributed by atoms with E-state index in [2.05, 4.69) is 32.6 Å². The summed E-state index contributed by atoms with van der Waals surface area (Å²) in [5.74, 6) is 0.570. The molecule has 0 bridgehead atoms. The third-order valence-electron chi connectivity index (χ3n) is 3.94. The van der Waals surface area contributed by atoms with Crippen LogP contribution in [0, 0.1) is 5.92 Å². The van der Waals surface area contributed by atoms with Crippen molar-refractivity contribution in [3.63, 3.8) is 0 Å². The Bertz CT molecular complexity index is 411. The predicted octanol–water partition coefficient (Wildman–Crippen LogP) is 5.14. The molecule has 21 heavy (non-hydrogen) atoms. The number of hydrogen-bond acceptors (Lipinski definition) is 2. The topological polar surface area (TPSA) is 29.3 Å². The van der Waals surface area contributed by atoms with Gasteiger partial charge >= 0.3 is 0 Å². The van der Waals surface area contributed by atoms with Crippen molar-refractivity contribution in [2.24, 2.45) is 11.7 Å². The number of rotatable bonds is 8. The smallest absolute Gasteiger partial charge is 0.0503 e. The van der Waals surface area contributed by atoms with Gasteiger partial charge in [-0.25, -0.2) is 0 Å². The fourth-order valence-corrected chi connectivity index (χ4v) is 3.61. The zero-order valence-electron chi connectivity index (χ0n) is 13.6. The second-order valence-electron chi connectivity index (χ2n) is 5.95. The molecule has 1 aromatic carbocycles. The first kappa shape index (κ1) is 18.8. The third-order valence-corrected chi connectivity index (χ3v) is 4.60. The zero-order chi connectivity index (χ0) is 16.0.